The summed E-state index contributed by atoms with van der Waals surface area (Å²) in [4.78, 5) is 13.6. The van der Waals surface area contributed by atoms with Gasteiger partial charge in [-0.15, -0.1) is 0 Å². The lowest BCUT2D eigenvalue weighted by molar-refractivity contribution is 0.466. The van der Waals surface area contributed by atoms with Crippen molar-refractivity contribution in [2.75, 3.05) is 36.7 Å². The minimum absolute atomic E-state index is 0.139. The number of piperidine rings is 1. The van der Waals surface area contributed by atoms with E-state index in [1.807, 2.05) is 19.9 Å². The van der Waals surface area contributed by atoms with E-state index in [4.69, 9.17) is 9.72 Å². The number of anilines is 2. The number of benzene rings is 2. The van der Waals surface area contributed by atoms with E-state index in [1.165, 1.54) is 13.1 Å². The van der Waals surface area contributed by atoms with Gasteiger partial charge in [-0.1, -0.05) is 19.1 Å². The Morgan fingerprint density at radius 2 is 1.95 bits per heavy atom. The van der Waals surface area contributed by atoms with E-state index in [0.717, 1.165) is 35.8 Å². The second-order valence-electron chi connectivity index (χ2n) is 10.1. The lowest BCUT2D eigenvalue weighted by Gasteiger charge is -2.23. The number of ether oxygens (including phenoxy) is 1. The Bertz CT molecular complexity index is 1650. The Balaban J connectivity index is 1.50. The maximum absolute atomic E-state index is 15.0. The van der Waals surface area contributed by atoms with Gasteiger partial charge < -0.3 is 15.4 Å². The molecule has 12 heteroatoms. The van der Waals surface area contributed by atoms with Crippen LogP contribution in [0.2, 0.25) is 0 Å². The van der Waals surface area contributed by atoms with E-state index < -0.39 is 16.0 Å². The highest BCUT2D eigenvalue weighted by Gasteiger charge is 2.22. The minimum atomic E-state index is -3.96. The summed E-state index contributed by atoms with van der Waals surface area (Å²) >= 11 is 0. The van der Waals surface area contributed by atoms with Crippen LogP contribution in [0.25, 0.3) is 22.0 Å². The van der Waals surface area contributed by atoms with Crippen molar-refractivity contribution in [1.82, 2.24) is 24.6 Å². The molecule has 1 aliphatic rings. The van der Waals surface area contributed by atoms with Crippen molar-refractivity contribution in [3.05, 3.63) is 66.2 Å². The molecule has 0 spiro atoms. The molecule has 2 aromatic heterocycles. The molecule has 0 aliphatic carbocycles. The van der Waals surface area contributed by atoms with Gasteiger partial charge in [0.2, 0.25) is 11.8 Å². The Labute approximate surface area is 239 Å². The molecule has 5 rings (SSSR count). The first-order valence-electron chi connectivity index (χ1n) is 13.7. The van der Waals surface area contributed by atoms with E-state index in [0.29, 0.717) is 52.6 Å². The highest BCUT2D eigenvalue weighted by Crippen LogP contribution is 2.39. The summed E-state index contributed by atoms with van der Waals surface area (Å²) in [5.74, 6) is 0.577. The van der Waals surface area contributed by atoms with E-state index in [2.05, 4.69) is 25.3 Å². The Morgan fingerprint density at radius 1 is 1.12 bits per heavy atom. The van der Waals surface area contributed by atoms with Gasteiger partial charge in [0.15, 0.2) is 0 Å². The molecule has 216 valence electrons. The normalized spacial score (nSPS) is 15.7. The first kappa shape index (κ1) is 28.7. The molecule has 10 nitrogen and oxygen atoms in total. The fourth-order valence-electron chi connectivity index (χ4n) is 4.84. The van der Waals surface area contributed by atoms with Crippen LogP contribution in [0.5, 0.6) is 11.6 Å². The molecule has 1 fully saturated rings. The highest BCUT2D eigenvalue weighted by atomic mass is 32.2. The smallest absolute Gasteiger partial charge is 0.301 e. The van der Waals surface area contributed by atoms with E-state index in [9.17, 15) is 8.42 Å². The first-order chi connectivity index (χ1) is 19.8. The summed E-state index contributed by atoms with van der Waals surface area (Å²) in [7, 11) is -2.51. The van der Waals surface area contributed by atoms with Crippen LogP contribution >= 0.6 is 0 Å². The van der Waals surface area contributed by atoms with E-state index in [-0.39, 0.29) is 11.7 Å². The second-order valence-corrected chi connectivity index (χ2v) is 11.8. The van der Waals surface area contributed by atoms with Crippen LogP contribution in [0.3, 0.4) is 0 Å². The molecule has 1 atom stereocenters. The summed E-state index contributed by atoms with van der Waals surface area (Å²) in [5, 5.41) is 7.68. The lowest BCUT2D eigenvalue weighted by atomic mass is 10.0. The van der Waals surface area contributed by atoms with Gasteiger partial charge in [-0.3, -0.25) is 4.72 Å². The van der Waals surface area contributed by atoms with Gasteiger partial charge in [0.1, 0.15) is 11.6 Å². The number of aromatic nitrogens is 3. The van der Waals surface area contributed by atoms with Crippen LogP contribution in [0.1, 0.15) is 31.7 Å². The molecular formula is C29H34FN7O3S. The summed E-state index contributed by atoms with van der Waals surface area (Å²) < 4.78 is 50.7. The fourth-order valence-corrected chi connectivity index (χ4v) is 5.89. The molecular weight excluding hydrogens is 545 g/mol. The third-order valence-electron chi connectivity index (χ3n) is 7.01. The Hall–Kier alpha value is -3.87. The molecule has 2 aromatic carbocycles. The third-order valence-corrected chi connectivity index (χ3v) is 8.47. The van der Waals surface area contributed by atoms with Gasteiger partial charge in [-0.05, 0) is 68.6 Å². The molecule has 0 radical (unpaired) electrons. The number of nitrogens with zero attached hydrogens (tertiary/aromatic N) is 4. The average molecular weight is 580 g/mol. The maximum Gasteiger partial charge on any atom is 0.301 e. The number of fused-ring (bicyclic) bond motifs is 1. The van der Waals surface area contributed by atoms with E-state index >= 15 is 4.39 Å². The van der Waals surface area contributed by atoms with Crippen molar-refractivity contribution in [1.29, 1.82) is 0 Å². The topological polar surface area (TPSA) is 121 Å². The van der Waals surface area contributed by atoms with Gasteiger partial charge in [0, 0.05) is 49.3 Å². The predicted molar refractivity (Wildman–Crippen MR) is 159 cm³/mol. The predicted octanol–water partition coefficient (Wildman–Crippen LogP) is 5.09. The largest absolute Gasteiger partial charge is 0.437 e. The number of hydrogen-bond acceptors (Lipinski definition) is 8. The van der Waals surface area contributed by atoms with Crippen molar-refractivity contribution in [2.24, 2.45) is 0 Å². The third kappa shape index (κ3) is 6.39. The molecule has 0 saturated carbocycles. The molecule has 0 bridgehead atoms. The van der Waals surface area contributed by atoms with Crippen molar-refractivity contribution in [2.45, 2.75) is 39.2 Å². The van der Waals surface area contributed by atoms with Gasteiger partial charge >= 0.3 is 10.2 Å². The number of aryl methyl sites for hydroxylation is 1. The summed E-state index contributed by atoms with van der Waals surface area (Å²) in [6.45, 7) is 5.90. The van der Waals surface area contributed by atoms with Crippen molar-refractivity contribution >= 4 is 32.6 Å². The van der Waals surface area contributed by atoms with Crippen molar-refractivity contribution < 1.29 is 17.5 Å². The highest BCUT2D eigenvalue weighted by molar-refractivity contribution is 7.90. The van der Waals surface area contributed by atoms with E-state index in [1.54, 1.807) is 42.7 Å². The Morgan fingerprint density at radius 3 is 2.73 bits per heavy atom. The zero-order valence-corrected chi connectivity index (χ0v) is 24.1. The zero-order chi connectivity index (χ0) is 29.0. The SMILES string of the molecule is CCCN(C)S(=O)(=O)Nc1c(F)ccc2c(Oc3ncccc3-c3ccnc(N[C@H]4CCCNC4)n3)c(C)ccc12. The number of pyridine rings is 1. The van der Waals surface area contributed by atoms with Crippen LogP contribution in [0, 0.1) is 12.7 Å². The number of nitrogens with one attached hydrogen (secondary N) is 3. The quantitative estimate of drug-likeness (QED) is 0.238. The first-order valence-corrected chi connectivity index (χ1v) is 15.1. The zero-order valence-electron chi connectivity index (χ0n) is 23.3. The fraction of sp³-hybridized carbons (Fsp3) is 0.345. The molecule has 3 N–H and O–H groups in total. The molecule has 3 heterocycles. The van der Waals surface area contributed by atoms with Gasteiger partial charge in [-0.2, -0.15) is 12.7 Å². The maximum atomic E-state index is 15.0. The van der Waals surface area contributed by atoms with Crippen LogP contribution < -0.4 is 20.1 Å². The number of rotatable bonds is 10. The standard InChI is InChI=1S/C29H34FN7O3S/c1-4-17-37(3)41(38,39)36-26-21-10-9-19(2)27(22(21)11-12-24(26)30)40-28-23(8-6-15-32-28)25-13-16-33-29(35-25)34-20-7-5-14-31-18-20/h6,8-13,15-16,20,31,36H,4-5,7,14,17-18H2,1-3H3,(H,33,34,35)/t20-/m0/s1. The molecule has 41 heavy (non-hydrogen) atoms. The number of halogens is 1. The lowest BCUT2D eigenvalue weighted by Crippen LogP contribution is -2.38. The van der Waals surface area contributed by atoms with Crippen LogP contribution in [-0.4, -0.2) is 60.4 Å². The van der Waals surface area contributed by atoms with Gasteiger partial charge in [0.25, 0.3) is 0 Å². The van der Waals surface area contributed by atoms with Gasteiger partial charge in [0.05, 0.1) is 16.9 Å². The Kier molecular flexibility index (Phi) is 8.62. The average Bonchev–Trinajstić information content (AvgIpc) is 2.97. The summed E-state index contributed by atoms with van der Waals surface area (Å²) in [6, 6.07) is 11.9. The van der Waals surface area contributed by atoms with Crippen molar-refractivity contribution in [3.8, 4) is 22.9 Å². The molecule has 1 saturated heterocycles. The molecule has 0 amide bonds. The minimum Gasteiger partial charge on any atom is -0.437 e. The van der Waals surface area contributed by atoms with Crippen molar-refractivity contribution in [3.63, 3.8) is 0 Å². The summed E-state index contributed by atoms with van der Waals surface area (Å²) in [6.07, 6.45) is 6.06. The molecule has 0 unspecified atom stereocenters. The van der Waals surface area contributed by atoms with Crippen LogP contribution in [0.15, 0.2) is 54.9 Å². The molecule has 1 aliphatic heterocycles. The van der Waals surface area contributed by atoms with Gasteiger partial charge in [-0.25, -0.2) is 19.3 Å². The molecule has 4 aromatic rings. The monoisotopic (exact) mass is 579 g/mol. The van der Waals surface area contributed by atoms with Crippen LogP contribution in [0.4, 0.5) is 16.0 Å². The number of hydrogen-bond donors (Lipinski definition) is 3. The van der Waals surface area contributed by atoms with Crippen LogP contribution in [-0.2, 0) is 10.2 Å². The summed E-state index contributed by atoms with van der Waals surface area (Å²) in [5.41, 5.74) is 1.92. The second kappa shape index (κ2) is 12.3.